The topological polar surface area (TPSA) is 82.2 Å². The van der Waals surface area contributed by atoms with Gasteiger partial charge < -0.3 is 15.4 Å². The Morgan fingerprint density at radius 1 is 1.17 bits per heavy atom. The van der Waals surface area contributed by atoms with Gasteiger partial charge in [-0.15, -0.1) is 0 Å². The standard InChI is InChI=1S/C21H18ClF3N2O3/c22-15-5-3-12(4-6-15)10-27-20(30)17-11-26-18-13(2-1-7-28)8-14(21(23,24)25)9-16(18)19(17)29/h3-6,8-9,11,28H,1-2,7,10H2,(H,26,29)(H,27,30). The Morgan fingerprint density at radius 3 is 2.50 bits per heavy atom. The first kappa shape index (κ1) is 21.9. The average molecular weight is 439 g/mol. The summed E-state index contributed by atoms with van der Waals surface area (Å²) in [4.78, 5) is 28.1. The van der Waals surface area contributed by atoms with Crippen LogP contribution in [0.3, 0.4) is 0 Å². The number of carbonyl (C=O) groups is 1. The molecule has 0 saturated heterocycles. The molecule has 5 nitrogen and oxygen atoms in total. The molecule has 9 heteroatoms. The summed E-state index contributed by atoms with van der Waals surface area (Å²) in [5, 5.41) is 11.9. The van der Waals surface area contributed by atoms with Crippen LogP contribution in [0, 0.1) is 0 Å². The molecule has 1 heterocycles. The number of benzene rings is 2. The number of rotatable bonds is 6. The average Bonchev–Trinajstić information content (AvgIpc) is 2.71. The minimum Gasteiger partial charge on any atom is -0.396 e. The Bertz CT molecular complexity index is 1130. The maximum Gasteiger partial charge on any atom is 0.416 e. The van der Waals surface area contributed by atoms with Crippen molar-refractivity contribution >= 4 is 28.4 Å². The fourth-order valence-corrected chi connectivity index (χ4v) is 3.21. The van der Waals surface area contributed by atoms with Gasteiger partial charge in [-0.1, -0.05) is 23.7 Å². The van der Waals surface area contributed by atoms with Crippen LogP contribution >= 0.6 is 11.6 Å². The van der Waals surface area contributed by atoms with Gasteiger partial charge in [-0.3, -0.25) is 9.59 Å². The van der Waals surface area contributed by atoms with Crippen molar-refractivity contribution in [2.45, 2.75) is 25.6 Å². The van der Waals surface area contributed by atoms with Crippen LogP contribution in [0.4, 0.5) is 13.2 Å². The Labute approximate surface area is 174 Å². The van der Waals surface area contributed by atoms with Crippen molar-refractivity contribution in [3.8, 4) is 0 Å². The van der Waals surface area contributed by atoms with E-state index >= 15 is 0 Å². The summed E-state index contributed by atoms with van der Waals surface area (Å²) >= 11 is 5.81. The third-order valence-electron chi connectivity index (χ3n) is 4.61. The summed E-state index contributed by atoms with van der Waals surface area (Å²) < 4.78 is 39.9. The van der Waals surface area contributed by atoms with Crippen LogP contribution in [-0.2, 0) is 19.1 Å². The molecule has 0 saturated carbocycles. The number of alkyl halides is 3. The quantitative estimate of drug-likeness (QED) is 0.543. The lowest BCUT2D eigenvalue weighted by Gasteiger charge is -2.13. The summed E-state index contributed by atoms with van der Waals surface area (Å²) in [6.45, 7) is -0.0784. The third-order valence-corrected chi connectivity index (χ3v) is 4.86. The van der Waals surface area contributed by atoms with Crippen LogP contribution in [0.25, 0.3) is 10.9 Å². The van der Waals surface area contributed by atoms with E-state index < -0.39 is 23.1 Å². The van der Waals surface area contributed by atoms with Gasteiger partial charge in [0.25, 0.3) is 5.91 Å². The molecule has 30 heavy (non-hydrogen) atoms. The summed E-state index contributed by atoms with van der Waals surface area (Å²) in [6.07, 6.45) is -3.07. The number of amides is 1. The van der Waals surface area contributed by atoms with E-state index in [4.69, 9.17) is 16.7 Å². The molecule has 1 aromatic heterocycles. The highest BCUT2D eigenvalue weighted by Gasteiger charge is 2.32. The fourth-order valence-electron chi connectivity index (χ4n) is 3.09. The van der Waals surface area contributed by atoms with Gasteiger partial charge in [0.1, 0.15) is 5.56 Å². The molecule has 158 valence electrons. The monoisotopic (exact) mass is 438 g/mol. The van der Waals surface area contributed by atoms with Crippen LogP contribution in [0.2, 0.25) is 5.02 Å². The zero-order chi connectivity index (χ0) is 21.9. The SMILES string of the molecule is O=C(NCc1ccc(Cl)cc1)c1c[nH]c2c(CCCO)cc(C(F)(F)F)cc2c1=O. The number of halogens is 4. The van der Waals surface area contributed by atoms with E-state index in [1.165, 1.54) is 6.20 Å². The molecule has 0 fully saturated rings. The second kappa shape index (κ2) is 8.89. The predicted molar refractivity (Wildman–Crippen MR) is 108 cm³/mol. The highest BCUT2D eigenvalue weighted by atomic mass is 35.5. The first-order valence-electron chi connectivity index (χ1n) is 9.09. The van der Waals surface area contributed by atoms with Gasteiger partial charge >= 0.3 is 6.18 Å². The van der Waals surface area contributed by atoms with Crippen LogP contribution in [0.15, 0.2) is 47.4 Å². The van der Waals surface area contributed by atoms with Crippen molar-refractivity contribution in [2.24, 2.45) is 0 Å². The number of carbonyl (C=O) groups excluding carboxylic acids is 1. The van der Waals surface area contributed by atoms with E-state index in [0.717, 1.165) is 17.7 Å². The Hall–Kier alpha value is -2.84. The normalized spacial score (nSPS) is 11.6. The number of H-pyrrole nitrogens is 1. The molecular weight excluding hydrogens is 421 g/mol. The van der Waals surface area contributed by atoms with Crippen LogP contribution in [0.5, 0.6) is 0 Å². The molecule has 1 amide bonds. The van der Waals surface area contributed by atoms with Crippen LogP contribution in [-0.4, -0.2) is 22.6 Å². The zero-order valence-electron chi connectivity index (χ0n) is 15.6. The Morgan fingerprint density at radius 2 is 1.87 bits per heavy atom. The lowest BCUT2D eigenvalue weighted by Crippen LogP contribution is -2.28. The summed E-state index contributed by atoms with van der Waals surface area (Å²) in [6, 6.07) is 8.41. The highest BCUT2D eigenvalue weighted by molar-refractivity contribution is 6.30. The molecule has 0 atom stereocenters. The first-order chi connectivity index (χ1) is 14.2. The maximum absolute atomic E-state index is 13.3. The number of hydrogen-bond acceptors (Lipinski definition) is 3. The molecule has 0 aliphatic carbocycles. The number of fused-ring (bicyclic) bond motifs is 1. The van der Waals surface area contributed by atoms with Gasteiger partial charge in [-0.25, -0.2) is 0 Å². The maximum atomic E-state index is 13.3. The number of aryl methyl sites for hydroxylation is 1. The van der Waals surface area contributed by atoms with Gasteiger partial charge in [0.15, 0.2) is 0 Å². The van der Waals surface area contributed by atoms with Gasteiger partial charge in [0.05, 0.1) is 11.1 Å². The molecule has 0 aliphatic rings. The number of hydrogen-bond donors (Lipinski definition) is 3. The summed E-state index contributed by atoms with van der Waals surface area (Å²) in [5.74, 6) is -0.706. The fraction of sp³-hybridized carbons (Fsp3) is 0.238. The van der Waals surface area contributed by atoms with Crippen molar-refractivity contribution in [1.29, 1.82) is 0 Å². The van der Waals surface area contributed by atoms with E-state index in [1.54, 1.807) is 24.3 Å². The minimum absolute atomic E-state index is 0.123. The van der Waals surface area contributed by atoms with E-state index in [9.17, 15) is 22.8 Å². The number of aromatic amines is 1. The summed E-state index contributed by atoms with van der Waals surface area (Å²) in [7, 11) is 0. The van der Waals surface area contributed by atoms with E-state index in [-0.39, 0.29) is 48.0 Å². The summed E-state index contributed by atoms with van der Waals surface area (Å²) in [5.41, 5.74) is -0.852. The number of pyridine rings is 1. The first-order valence-corrected chi connectivity index (χ1v) is 9.47. The van der Waals surface area contributed by atoms with Gasteiger partial charge in [-0.2, -0.15) is 13.2 Å². The molecule has 2 aromatic carbocycles. The molecule has 3 aromatic rings. The van der Waals surface area contributed by atoms with Crippen LogP contribution in [0.1, 0.15) is 33.5 Å². The predicted octanol–water partition coefficient (Wildman–Crippen LogP) is 4.06. The molecular formula is C21H18ClF3N2O3. The lowest BCUT2D eigenvalue weighted by molar-refractivity contribution is -0.137. The second-order valence-corrected chi connectivity index (χ2v) is 7.16. The van der Waals surface area contributed by atoms with E-state index in [0.29, 0.717) is 5.02 Å². The van der Waals surface area contributed by atoms with E-state index in [2.05, 4.69) is 10.3 Å². The van der Waals surface area contributed by atoms with Gasteiger partial charge in [0.2, 0.25) is 5.43 Å². The number of aromatic nitrogens is 1. The number of aliphatic hydroxyl groups is 1. The van der Waals surface area contributed by atoms with Crippen molar-refractivity contribution in [3.05, 3.63) is 80.1 Å². The number of nitrogens with one attached hydrogen (secondary N) is 2. The van der Waals surface area contributed by atoms with Crippen molar-refractivity contribution < 1.29 is 23.1 Å². The lowest BCUT2D eigenvalue weighted by atomic mass is 9.99. The zero-order valence-corrected chi connectivity index (χ0v) is 16.4. The molecule has 0 aliphatic heterocycles. The van der Waals surface area contributed by atoms with Gasteiger partial charge in [0, 0.05) is 29.8 Å². The van der Waals surface area contributed by atoms with Gasteiger partial charge in [-0.05, 0) is 48.2 Å². The largest absolute Gasteiger partial charge is 0.416 e. The molecule has 3 N–H and O–H groups in total. The van der Waals surface area contributed by atoms with Crippen molar-refractivity contribution in [2.75, 3.05) is 6.61 Å². The smallest absolute Gasteiger partial charge is 0.396 e. The molecule has 0 radical (unpaired) electrons. The highest BCUT2D eigenvalue weighted by Crippen LogP contribution is 2.32. The third kappa shape index (κ3) is 4.83. The Kier molecular flexibility index (Phi) is 6.48. The number of aliphatic hydroxyl groups excluding tert-OH is 1. The van der Waals surface area contributed by atoms with Crippen molar-refractivity contribution in [1.82, 2.24) is 10.3 Å². The van der Waals surface area contributed by atoms with E-state index in [1.807, 2.05) is 0 Å². The Balaban J connectivity index is 1.98. The molecule has 3 rings (SSSR count). The molecule has 0 spiro atoms. The molecule has 0 unspecified atom stereocenters. The minimum atomic E-state index is -4.65. The second-order valence-electron chi connectivity index (χ2n) is 6.72. The molecule has 0 bridgehead atoms. The van der Waals surface area contributed by atoms with Crippen molar-refractivity contribution in [3.63, 3.8) is 0 Å². The van der Waals surface area contributed by atoms with Crippen LogP contribution < -0.4 is 10.7 Å².